The minimum absolute atomic E-state index is 0.0454. The number of carbonyl (C=O) groups is 2. The number of amides is 2. The van der Waals surface area contributed by atoms with E-state index in [2.05, 4.69) is 32.1 Å². The van der Waals surface area contributed by atoms with Crippen LogP contribution >= 0.6 is 28.1 Å². The first kappa shape index (κ1) is 17.6. The molecule has 3 rings (SSSR count). The molecule has 0 heterocycles. The molecule has 3 N–H and O–H groups in total. The van der Waals surface area contributed by atoms with Gasteiger partial charge in [-0.2, -0.15) is 0 Å². The van der Waals surface area contributed by atoms with Gasteiger partial charge in [0.05, 0.1) is 4.47 Å². The molecule has 1 fully saturated rings. The molecule has 2 aromatic carbocycles. The Bertz CT molecular complexity index is 839. The Labute approximate surface area is 158 Å². The Morgan fingerprint density at radius 3 is 2.68 bits per heavy atom. The van der Waals surface area contributed by atoms with Crippen molar-refractivity contribution < 1.29 is 14.3 Å². The summed E-state index contributed by atoms with van der Waals surface area (Å²) in [6.45, 7) is -0.191. The fraction of sp³-hybridized carbons (Fsp3) is 0.235. The van der Waals surface area contributed by atoms with Crippen molar-refractivity contribution in [1.29, 1.82) is 0 Å². The molecule has 0 radical (unpaired) electrons. The van der Waals surface area contributed by atoms with E-state index in [1.807, 2.05) is 30.3 Å². The summed E-state index contributed by atoms with van der Waals surface area (Å²) in [6, 6.07) is 11.6. The zero-order chi connectivity index (χ0) is 17.8. The molecular formula is C17H16BrN3O3S. The van der Waals surface area contributed by atoms with Crippen LogP contribution in [-0.2, 0) is 9.59 Å². The molecule has 0 saturated heterocycles. The lowest BCUT2D eigenvalue weighted by atomic mass is 10.1. The number of rotatable bonds is 4. The van der Waals surface area contributed by atoms with E-state index in [1.54, 1.807) is 6.07 Å². The van der Waals surface area contributed by atoms with Crippen molar-refractivity contribution in [3.63, 3.8) is 0 Å². The molecular weight excluding hydrogens is 406 g/mol. The van der Waals surface area contributed by atoms with Crippen LogP contribution in [0.25, 0.3) is 10.8 Å². The second-order valence-corrected chi connectivity index (χ2v) is 6.85. The molecule has 0 aromatic heterocycles. The number of halogens is 1. The van der Waals surface area contributed by atoms with Gasteiger partial charge in [0.1, 0.15) is 5.75 Å². The van der Waals surface area contributed by atoms with Crippen molar-refractivity contribution in [3.05, 3.63) is 40.9 Å². The standard InChI is InChI=1S/C17H16BrN3O3S/c18-15-12-4-2-1-3-10(12)7-8-13(15)24-9-14(22)20-21-17(25)19-16(23)11-5-6-11/h1-4,7-8,11H,5-6,9H2,(H,20,22)(H2,19,21,23,25). The van der Waals surface area contributed by atoms with E-state index >= 15 is 0 Å². The van der Waals surface area contributed by atoms with E-state index in [4.69, 9.17) is 17.0 Å². The molecule has 0 bridgehead atoms. The number of fused-ring (bicyclic) bond motifs is 1. The summed E-state index contributed by atoms with van der Waals surface area (Å²) in [6.07, 6.45) is 1.77. The van der Waals surface area contributed by atoms with Gasteiger partial charge in [-0.05, 0) is 57.8 Å². The normalized spacial score (nSPS) is 13.2. The van der Waals surface area contributed by atoms with E-state index in [0.29, 0.717) is 5.75 Å². The molecule has 1 aliphatic rings. The van der Waals surface area contributed by atoms with E-state index in [1.165, 1.54) is 0 Å². The van der Waals surface area contributed by atoms with Crippen LogP contribution in [0.15, 0.2) is 40.9 Å². The summed E-state index contributed by atoms with van der Waals surface area (Å²) < 4.78 is 6.33. The third-order valence-electron chi connectivity index (χ3n) is 3.69. The molecule has 1 saturated carbocycles. The molecule has 1 aliphatic carbocycles. The molecule has 0 atom stereocenters. The zero-order valence-corrected chi connectivity index (χ0v) is 15.6. The molecule has 0 spiro atoms. The fourth-order valence-corrected chi connectivity index (χ4v) is 2.98. The molecule has 6 nitrogen and oxygen atoms in total. The lowest BCUT2D eigenvalue weighted by molar-refractivity contribution is -0.124. The van der Waals surface area contributed by atoms with Crippen molar-refractivity contribution in [3.8, 4) is 5.75 Å². The van der Waals surface area contributed by atoms with Gasteiger partial charge in [-0.1, -0.05) is 30.3 Å². The third-order valence-corrected chi connectivity index (χ3v) is 4.71. The van der Waals surface area contributed by atoms with Gasteiger partial charge >= 0.3 is 0 Å². The van der Waals surface area contributed by atoms with Crippen LogP contribution in [0.4, 0.5) is 0 Å². The second kappa shape index (κ2) is 7.79. The van der Waals surface area contributed by atoms with Gasteiger partial charge in [0.15, 0.2) is 11.7 Å². The number of carbonyl (C=O) groups excluding carboxylic acids is 2. The average molecular weight is 422 g/mol. The number of hydrogen-bond donors (Lipinski definition) is 3. The molecule has 0 aliphatic heterocycles. The zero-order valence-electron chi connectivity index (χ0n) is 13.2. The van der Waals surface area contributed by atoms with E-state index < -0.39 is 5.91 Å². The first-order valence-corrected chi connectivity index (χ1v) is 8.94. The Hall–Kier alpha value is -2.19. The maximum atomic E-state index is 11.8. The Morgan fingerprint density at radius 2 is 1.92 bits per heavy atom. The highest BCUT2D eigenvalue weighted by Gasteiger charge is 2.30. The number of hydrazine groups is 1. The number of nitrogens with one attached hydrogen (secondary N) is 3. The van der Waals surface area contributed by atoms with Gasteiger partial charge in [-0.25, -0.2) is 0 Å². The van der Waals surface area contributed by atoms with Gasteiger partial charge in [0, 0.05) is 5.92 Å². The summed E-state index contributed by atoms with van der Waals surface area (Å²) in [5.41, 5.74) is 4.87. The van der Waals surface area contributed by atoms with Crippen LogP contribution in [0.2, 0.25) is 0 Å². The number of benzene rings is 2. The SMILES string of the molecule is O=C(COc1ccc2ccccc2c1Br)NNC(=S)NC(=O)C1CC1. The summed E-state index contributed by atoms with van der Waals surface area (Å²) in [5.74, 6) is 0.0775. The van der Waals surface area contributed by atoms with Crippen LogP contribution in [0.5, 0.6) is 5.75 Å². The van der Waals surface area contributed by atoms with Gasteiger partial charge < -0.3 is 10.1 Å². The maximum Gasteiger partial charge on any atom is 0.276 e. The van der Waals surface area contributed by atoms with Crippen molar-refractivity contribution in [2.24, 2.45) is 5.92 Å². The highest BCUT2D eigenvalue weighted by molar-refractivity contribution is 9.10. The largest absolute Gasteiger partial charge is 0.483 e. The molecule has 25 heavy (non-hydrogen) atoms. The minimum atomic E-state index is -0.414. The number of ether oxygens (including phenoxy) is 1. The van der Waals surface area contributed by atoms with E-state index in [-0.39, 0.29) is 23.5 Å². The minimum Gasteiger partial charge on any atom is -0.483 e. The summed E-state index contributed by atoms with van der Waals surface area (Å²) >= 11 is 8.44. The lowest BCUT2D eigenvalue weighted by Gasteiger charge is -2.12. The van der Waals surface area contributed by atoms with Gasteiger partial charge in [0.25, 0.3) is 5.91 Å². The summed E-state index contributed by atoms with van der Waals surface area (Å²) in [4.78, 5) is 23.4. The van der Waals surface area contributed by atoms with Crippen LogP contribution in [0.1, 0.15) is 12.8 Å². The maximum absolute atomic E-state index is 11.8. The van der Waals surface area contributed by atoms with Gasteiger partial charge in [-0.15, -0.1) is 0 Å². The Kier molecular flexibility index (Phi) is 5.50. The third kappa shape index (κ3) is 4.67. The molecule has 8 heteroatoms. The predicted molar refractivity (Wildman–Crippen MR) is 102 cm³/mol. The predicted octanol–water partition coefficient (Wildman–Crippen LogP) is 2.41. The second-order valence-electron chi connectivity index (χ2n) is 5.65. The first-order chi connectivity index (χ1) is 12.0. The smallest absolute Gasteiger partial charge is 0.276 e. The quantitative estimate of drug-likeness (QED) is 0.521. The van der Waals surface area contributed by atoms with Gasteiger partial charge in [-0.3, -0.25) is 20.4 Å². The molecule has 130 valence electrons. The molecule has 0 unspecified atom stereocenters. The summed E-state index contributed by atoms with van der Waals surface area (Å²) in [5, 5.41) is 4.66. The highest BCUT2D eigenvalue weighted by Crippen LogP contribution is 2.33. The fourth-order valence-electron chi connectivity index (χ4n) is 2.22. The molecule has 2 amide bonds. The number of thiocarbonyl (C=S) groups is 1. The lowest BCUT2D eigenvalue weighted by Crippen LogP contribution is -2.50. The van der Waals surface area contributed by atoms with Crippen LogP contribution < -0.4 is 20.9 Å². The Balaban J connectivity index is 1.48. The number of hydrogen-bond acceptors (Lipinski definition) is 4. The van der Waals surface area contributed by atoms with E-state index in [0.717, 1.165) is 28.1 Å². The summed E-state index contributed by atoms with van der Waals surface area (Å²) in [7, 11) is 0. The van der Waals surface area contributed by atoms with Crippen molar-refractivity contribution in [2.45, 2.75) is 12.8 Å². The van der Waals surface area contributed by atoms with E-state index in [9.17, 15) is 9.59 Å². The Morgan fingerprint density at radius 1 is 1.16 bits per heavy atom. The van der Waals surface area contributed by atoms with Crippen molar-refractivity contribution in [1.82, 2.24) is 16.2 Å². The van der Waals surface area contributed by atoms with Crippen LogP contribution in [0, 0.1) is 5.92 Å². The molecule has 2 aromatic rings. The van der Waals surface area contributed by atoms with Crippen LogP contribution in [-0.4, -0.2) is 23.5 Å². The van der Waals surface area contributed by atoms with Crippen molar-refractivity contribution in [2.75, 3.05) is 6.61 Å². The topological polar surface area (TPSA) is 79.5 Å². The van der Waals surface area contributed by atoms with Gasteiger partial charge in [0.2, 0.25) is 5.91 Å². The average Bonchev–Trinajstić information content (AvgIpc) is 3.45. The van der Waals surface area contributed by atoms with Crippen molar-refractivity contribution >= 4 is 55.8 Å². The highest BCUT2D eigenvalue weighted by atomic mass is 79.9. The first-order valence-electron chi connectivity index (χ1n) is 7.74. The van der Waals surface area contributed by atoms with Crippen LogP contribution in [0.3, 0.4) is 0 Å². The monoisotopic (exact) mass is 421 g/mol.